The smallest absolute Gasteiger partial charge is 0.303 e. The molecular formula is C9H14F2O2. The molecule has 0 aliphatic rings. The molecule has 0 unspecified atom stereocenters. The van der Waals surface area contributed by atoms with Gasteiger partial charge >= 0.3 is 5.97 Å². The number of allylic oxidation sites excluding steroid dienone is 1. The van der Waals surface area contributed by atoms with Crippen molar-refractivity contribution in [2.75, 3.05) is 0 Å². The van der Waals surface area contributed by atoms with Gasteiger partial charge in [0.05, 0.1) is 0 Å². The van der Waals surface area contributed by atoms with Gasteiger partial charge in [-0.05, 0) is 12.8 Å². The molecule has 0 fully saturated rings. The number of carboxylic acid groups (broad SMARTS) is 1. The van der Waals surface area contributed by atoms with E-state index in [0.717, 1.165) is 0 Å². The Morgan fingerprint density at radius 1 is 1.46 bits per heavy atom. The summed E-state index contributed by atoms with van der Waals surface area (Å²) in [5.41, 5.74) is 0. The maximum Gasteiger partial charge on any atom is 0.303 e. The van der Waals surface area contributed by atoms with Crippen LogP contribution in [0, 0.1) is 0 Å². The first-order valence-corrected chi connectivity index (χ1v) is 4.18. The van der Waals surface area contributed by atoms with Crippen LogP contribution in [0.25, 0.3) is 0 Å². The number of alkyl halides is 2. The van der Waals surface area contributed by atoms with Gasteiger partial charge in [-0.2, -0.15) is 0 Å². The third kappa shape index (κ3) is 7.43. The van der Waals surface area contributed by atoms with Gasteiger partial charge in [0.25, 0.3) is 0 Å². The Morgan fingerprint density at radius 3 is 2.54 bits per heavy atom. The molecule has 0 aliphatic carbocycles. The monoisotopic (exact) mass is 192 g/mol. The molecule has 0 spiro atoms. The summed E-state index contributed by atoms with van der Waals surface area (Å²) in [6, 6.07) is 0. The second-order valence-corrected chi connectivity index (χ2v) is 2.93. The highest BCUT2D eigenvalue weighted by molar-refractivity contribution is 5.66. The topological polar surface area (TPSA) is 37.3 Å². The highest BCUT2D eigenvalue weighted by Crippen LogP contribution is 2.26. The lowest BCUT2D eigenvalue weighted by molar-refractivity contribution is -0.137. The zero-order valence-corrected chi connectivity index (χ0v) is 7.43. The first-order valence-electron chi connectivity index (χ1n) is 4.18. The Hall–Kier alpha value is -0.930. The lowest BCUT2D eigenvalue weighted by Gasteiger charge is -2.14. The van der Waals surface area contributed by atoms with Gasteiger partial charge in [0.15, 0.2) is 0 Å². The van der Waals surface area contributed by atoms with Crippen molar-refractivity contribution in [3.63, 3.8) is 0 Å². The van der Waals surface area contributed by atoms with E-state index in [4.69, 9.17) is 5.11 Å². The molecule has 0 atom stereocenters. The molecule has 13 heavy (non-hydrogen) atoms. The summed E-state index contributed by atoms with van der Waals surface area (Å²) in [5.74, 6) is -3.77. The largest absolute Gasteiger partial charge is 0.481 e. The predicted molar refractivity (Wildman–Crippen MR) is 45.9 cm³/mol. The van der Waals surface area contributed by atoms with E-state index in [-0.39, 0.29) is 32.1 Å². The number of hydrogen-bond acceptors (Lipinski definition) is 1. The molecular weight excluding hydrogens is 178 g/mol. The number of rotatable bonds is 7. The SMILES string of the molecule is C=CCCC(F)(F)CCCC(=O)O. The Kier molecular flexibility index (Phi) is 5.26. The first kappa shape index (κ1) is 12.1. The van der Waals surface area contributed by atoms with Gasteiger partial charge in [-0.1, -0.05) is 6.08 Å². The van der Waals surface area contributed by atoms with Crippen LogP contribution in [-0.4, -0.2) is 17.0 Å². The van der Waals surface area contributed by atoms with Crippen LogP contribution in [0.2, 0.25) is 0 Å². The van der Waals surface area contributed by atoms with E-state index in [1.807, 2.05) is 0 Å². The summed E-state index contributed by atoms with van der Waals surface area (Å²) in [6.07, 6.45) is 0.942. The number of halogens is 2. The van der Waals surface area contributed by atoms with Gasteiger partial charge in [0.1, 0.15) is 0 Å². The molecule has 2 nitrogen and oxygen atoms in total. The molecule has 76 valence electrons. The summed E-state index contributed by atoms with van der Waals surface area (Å²) < 4.78 is 25.6. The minimum atomic E-state index is -2.75. The molecule has 1 N–H and O–H groups in total. The summed E-state index contributed by atoms with van der Waals surface area (Å²) in [6.45, 7) is 3.34. The molecule has 0 aliphatic heterocycles. The Bertz CT molecular complexity index is 178. The van der Waals surface area contributed by atoms with Crippen LogP contribution < -0.4 is 0 Å². The third-order valence-electron chi connectivity index (χ3n) is 1.65. The number of aliphatic carboxylic acids is 1. The molecule has 0 radical (unpaired) electrons. The summed E-state index contributed by atoms with van der Waals surface area (Å²) in [7, 11) is 0. The fourth-order valence-electron chi connectivity index (χ4n) is 0.936. The van der Waals surface area contributed by atoms with Gasteiger partial charge in [-0.15, -0.1) is 6.58 Å². The number of hydrogen-bond donors (Lipinski definition) is 1. The predicted octanol–water partition coefficient (Wildman–Crippen LogP) is 2.84. The summed E-state index contributed by atoms with van der Waals surface area (Å²) in [5, 5.41) is 8.23. The molecule has 0 saturated heterocycles. The Balaban J connectivity index is 3.61. The van der Waals surface area contributed by atoms with Gasteiger partial charge in [0.2, 0.25) is 5.92 Å². The average Bonchev–Trinajstić information content (AvgIpc) is 2.00. The van der Waals surface area contributed by atoms with Crippen molar-refractivity contribution in [2.45, 2.75) is 38.0 Å². The minimum Gasteiger partial charge on any atom is -0.481 e. The summed E-state index contributed by atoms with van der Waals surface area (Å²) in [4.78, 5) is 10.0. The van der Waals surface area contributed by atoms with Crippen molar-refractivity contribution in [3.8, 4) is 0 Å². The zero-order chi connectivity index (χ0) is 10.3. The lowest BCUT2D eigenvalue weighted by Crippen LogP contribution is -2.15. The standard InChI is InChI=1S/C9H14F2O2/c1-2-3-6-9(10,11)7-4-5-8(12)13/h2H,1,3-7H2,(H,12,13). The molecule has 0 heterocycles. The second-order valence-electron chi connectivity index (χ2n) is 2.93. The Morgan fingerprint density at radius 2 is 2.08 bits per heavy atom. The van der Waals surface area contributed by atoms with Crippen LogP contribution in [-0.2, 0) is 4.79 Å². The van der Waals surface area contributed by atoms with Crippen LogP contribution in [0.1, 0.15) is 32.1 Å². The van der Waals surface area contributed by atoms with E-state index in [2.05, 4.69) is 6.58 Å². The van der Waals surface area contributed by atoms with E-state index in [9.17, 15) is 13.6 Å². The van der Waals surface area contributed by atoms with Gasteiger partial charge < -0.3 is 5.11 Å². The molecule has 0 bridgehead atoms. The number of carbonyl (C=O) groups is 1. The molecule has 0 saturated carbocycles. The highest BCUT2D eigenvalue weighted by Gasteiger charge is 2.27. The van der Waals surface area contributed by atoms with E-state index >= 15 is 0 Å². The molecule has 0 amide bonds. The van der Waals surface area contributed by atoms with Gasteiger partial charge in [-0.3, -0.25) is 4.79 Å². The molecule has 0 aromatic rings. The lowest BCUT2D eigenvalue weighted by atomic mass is 10.1. The van der Waals surface area contributed by atoms with E-state index < -0.39 is 11.9 Å². The molecule has 0 rings (SSSR count). The van der Waals surface area contributed by atoms with Gasteiger partial charge in [0, 0.05) is 19.3 Å². The molecule has 0 aromatic carbocycles. The quantitative estimate of drug-likeness (QED) is 0.630. The molecule has 4 heteroatoms. The second kappa shape index (κ2) is 5.67. The van der Waals surface area contributed by atoms with Gasteiger partial charge in [-0.25, -0.2) is 8.78 Å². The maximum absolute atomic E-state index is 12.8. The van der Waals surface area contributed by atoms with Crippen LogP contribution in [0.4, 0.5) is 8.78 Å². The van der Waals surface area contributed by atoms with Crippen LogP contribution >= 0.6 is 0 Å². The van der Waals surface area contributed by atoms with Crippen molar-refractivity contribution in [2.24, 2.45) is 0 Å². The normalized spacial score (nSPS) is 11.2. The minimum absolute atomic E-state index is 0.0273. The van der Waals surface area contributed by atoms with Crippen molar-refractivity contribution >= 4 is 5.97 Å². The average molecular weight is 192 g/mol. The Labute approximate surface area is 76.3 Å². The van der Waals surface area contributed by atoms with Crippen molar-refractivity contribution in [1.29, 1.82) is 0 Å². The first-order chi connectivity index (χ1) is 5.98. The number of carboxylic acids is 1. The summed E-state index contributed by atoms with van der Waals surface area (Å²) >= 11 is 0. The third-order valence-corrected chi connectivity index (χ3v) is 1.65. The van der Waals surface area contributed by atoms with Crippen molar-refractivity contribution in [1.82, 2.24) is 0 Å². The maximum atomic E-state index is 12.8. The zero-order valence-electron chi connectivity index (χ0n) is 7.43. The van der Waals surface area contributed by atoms with E-state index in [1.165, 1.54) is 6.08 Å². The van der Waals surface area contributed by atoms with Crippen LogP contribution in [0.3, 0.4) is 0 Å². The fraction of sp³-hybridized carbons (Fsp3) is 0.667. The van der Waals surface area contributed by atoms with Crippen LogP contribution in [0.5, 0.6) is 0 Å². The highest BCUT2D eigenvalue weighted by atomic mass is 19.3. The van der Waals surface area contributed by atoms with E-state index in [1.54, 1.807) is 0 Å². The van der Waals surface area contributed by atoms with Crippen molar-refractivity contribution < 1.29 is 18.7 Å². The van der Waals surface area contributed by atoms with Crippen LogP contribution in [0.15, 0.2) is 12.7 Å². The fourth-order valence-corrected chi connectivity index (χ4v) is 0.936. The van der Waals surface area contributed by atoms with Crippen molar-refractivity contribution in [3.05, 3.63) is 12.7 Å². The molecule has 0 aromatic heterocycles. The van der Waals surface area contributed by atoms with E-state index in [0.29, 0.717) is 0 Å².